The number of carbonyl (C=O) groups excluding carboxylic acids is 5. The van der Waals surface area contributed by atoms with E-state index < -0.39 is 47.2 Å². The van der Waals surface area contributed by atoms with Gasteiger partial charge in [0.15, 0.2) is 0 Å². The van der Waals surface area contributed by atoms with E-state index in [0.717, 1.165) is 31.2 Å². The molecule has 2 heterocycles. The van der Waals surface area contributed by atoms with Crippen LogP contribution in [0.5, 0.6) is 5.75 Å². The Morgan fingerprint density at radius 1 is 1.15 bits per heavy atom. The van der Waals surface area contributed by atoms with Gasteiger partial charge in [0.2, 0.25) is 23.6 Å². The summed E-state index contributed by atoms with van der Waals surface area (Å²) >= 11 is 6.68. The van der Waals surface area contributed by atoms with Gasteiger partial charge in [-0.2, -0.15) is 0 Å². The molecule has 0 bridgehead atoms. The van der Waals surface area contributed by atoms with Crippen LogP contribution >= 0.6 is 11.6 Å². The Morgan fingerprint density at radius 3 is 2.56 bits per heavy atom. The summed E-state index contributed by atoms with van der Waals surface area (Å²) in [5.74, 6) is -1.05. The number of aryl methyl sites for hydroxylation is 1. The average molecular weight is 691 g/mol. The van der Waals surface area contributed by atoms with Crippen LogP contribution in [0.15, 0.2) is 18.2 Å². The molecule has 1 aliphatic carbocycles. The minimum Gasteiger partial charge on any atom is -0.490 e. The molecular formula is C34H51ClN6O7. The molecule has 2 unspecified atom stereocenters. The summed E-state index contributed by atoms with van der Waals surface area (Å²) in [5, 5.41) is 6.17. The molecule has 1 aromatic carbocycles. The van der Waals surface area contributed by atoms with Gasteiger partial charge in [-0.05, 0) is 83.9 Å². The maximum Gasteiger partial charge on any atom is 0.408 e. The number of nitrogens with one attached hydrogen (secondary N) is 2. The third-order valence-corrected chi connectivity index (χ3v) is 9.81. The molecule has 1 spiro atoms. The quantitative estimate of drug-likeness (QED) is 0.215. The van der Waals surface area contributed by atoms with Crippen molar-refractivity contribution in [2.75, 3.05) is 26.2 Å². The first-order valence-electron chi connectivity index (χ1n) is 16.9. The van der Waals surface area contributed by atoms with Crippen molar-refractivity contribution in [1.82, 2.24) is 20.4 Å². The molecule has 266 valence electrons. The van der Waals surface area contributed by atoms with E-state index in [-0.39, 0.29) is 43.7 Å². The van der Waals surface area contributed by atoms with E-state index >= 15 is 0 Å². The lowest BCUT2D eigenvalue weighted by molar-refractivity contribution is -0.146. The van der Waals surface area contributed by atoms with E-state index in [1.807, 2.05) is 12.1 Å². The van der Waals surface area contributed by atoms with Gasteiger partial charge in [0, 0.05) is 31.3 Å². The highest BCUT2D eigenvalue weighted by Crippen LogP contribution is 2.58. The van der Waals surface area contributed by atoms with Crippen LogP contribution in [0, 0.1) is 5.92 Å². The number of primary amides is 1. The molecule has 5 amide bonds. The molecule has 3 fully saturated rings. The minimum absolute atomic E-state index is 0.0179. The molecule has 6 N–H and O–H groups in total. The third-order valence-electron chi connectivity index (χ3n) is 9.38. The second-order valence-corrected chi connectivity index (χ2v) is 14.6. The molecule has 0 aromatic heterocycles. The van der Waals surface area contributed by atoms with Gasteiger partial charge in [0.25, 0.3) is 0 Å². The van der Waals surface area contributed by atoms with Crippen LogP contribution in [0.1, 0.15) is 84.6 Å². The highest BCUT2D eigenvalue weighted by molar-refractivity contribution is 6.32. The average Bonchev–Trinajstić information content (AvgIpc) is 3.53. The summed E-state index contributed by atoms with van der Waals surface area (Å²) < 4.78 is 11.5. The number of alkyl carbamates (subject to hydrolysis) is 1. The Bertz CT molecular complexity index is 1370. The molecule has 2 saturated heterocycles. The van der Waals surface area contributed by atoms with E-state index in [9.17, 15) is 24.0 Å². The van der Waals surface area contributed by atoms with E-state index in [1.165, 1.54) is 6.92 Å². The van der Waals surface area contributed by atoms with Crippen LogP contribution in [0.2, 0.25) is 5.02 Å². The number of hydrogen-bond donors (Lipinski definition) is 4. The Labute approximate surface area is 287 Å². The zero-order chi connectivity index (χ0) is 35.2. The van der Waals surface area contributed by atoms with Crippen molar-refractivity contribution in [3.63, 3.8) is 0 Å². The summed E-state index contributed by atoms with van der Waals surface area (Å²) in [4.78, 5) is 68.4. The Kier molecular flexibility index (Phi) is 12.2. The summed E-state index contributed by atoms with van der Waals surface area (Å²) in [6, 6.07) is 3.05. The van der Waals surface area contributed by atoms with Gasteiger partial charge in [-0.25, -0.2) is 4.79 Å². The summed E-state index contributed by atoms with van der Waals surface area (Å²) in [6.45, 7) is 7.64. The standard InChI is InChI=1S/C34H51ClN6O7/c1-21(42)40-18-23-17-34(23)15-14-26(41(34)31(45)25(19-40)39-32(46)48-33(2,3)4)30(44)38-24(12-13-28(37)43)20-47-27-11-8-10-22(29(27)35)9-6-5-7-16-36/h8,10-11,23-26H,5-7,9,12-20,36H2,1-4H3,(H2,37,43)(H,38,44)(H,39,46)/t23?,24-,25-,26-,34?/m0/s1. The number of amides is 5. The fraction of sp³-hybridized carbons (Fsp3) is 0.676. The molecule has 4 rings (SSSR count). The summed E-state index contributed by atoms with van der Waals surface area (Å²) in [5.41, 5.74) is 10.6. The molecule has 1 aromatic rings. The Balaban J connectivity index is 1.50. The second kappa shape index (κ2) is 15.8. The van der Waals surface area contributed by atoms with Crippen molar-refractivity contribution in [3.8, 4) is 5.75 Å². The fourth-order valence-corrected chi connectivity index (χ4v) is 7.17. The molecule has 2 aliphatic heterocycles. The second-order valence-electron chi connectivity index (χ2n) is 14.2. The van der Waals surface area contributed by atoms with Crippen molar-refractivity contribution in [3.05, 3.63) is 28.8 Å². The number of ether oxygens (including phenoxy) is 2. The molecule has 48 heavy (non-hydrogen) atoms. The number of benzene rings is 1. The number of nitrogens with two attached hydrogens (primary N) is 2. The van der Waals surface area contributed by atoms with Crippen LogP contribution in [-0.4, -0.2) is 95.0 Å². The van der Waals surface area contributed by atoms with Crippen molar-refractivity contribution in [2.24, 2.45) is 17.4 Å². The largest absolute Gasteiger partial charge is 0.490 e. The van der Waals surface area contributed by atoms with Crippen molar-refractivity contribution < 1.29 is 33.4 Å². The van der Waals surface area contributed by atoms with Crippen LogP contribution < -0.4 is 26.8 Å². The maximum absolute atomic E-state index is 14.2. The monoisotopic (exact) mass is 690 g/mol. The van der Waals surface area contributed by atoms with Crippen molar-refractivity contribution in [1.29, 1.82) is 0 Å². The highest BCUT2D eigenvalue weighted by atomic mass is 35.5. The number of carbonyl (C=O) groups is 5. The number of rotatable bonds is 14. The third kappa shape index (κ3) is 9.31. The van der Waals surface area contributed by atoms with Gasteiger partial charge in [-0.1, -0.05) is 30.2 Å². The first-order chi connectivity index (χ1) is 22.6. The predicted molar refractivity (Wildman–Crippen MR) is 180 cm³/mol. The summed E-state index contributed by atoms with van der Waals surface area (Å²) in [7, 11) is 0. The first kappa shape index (κ1) is 37.2. The number of hydrogen-bond acceptors (Lipinski definition) is 8. The summed E-state index contributed by atoms with van der Waals surface area (Å²) in [6.07, 6.45) is 4.77. The molecule has 1 saturated carbocycles. The van der Waals surface area contributed by atoms with Gasteiger partial charge in [-0.3, -0.25) is 19.2 Å². The molecule has 5 atom stereocenters. The minimum atomic E-state index is -1.10. The van der Waals surface area contributed by atoms with E-state index in [0.29, 0.717) is 43.1 Å². The maximum atomic E-state index is 14.2. The van der Waals surface area contributed by atoms with E-state index in [2.05, 4.69) is 10.6 Å². The van der Waals surface area contributed by atoms with Crippen LogP contribution in [0.3, 0.4) is 0 Å². The molecule has 0 radical (unpaired) electrons. The Hall–Kier alpha value is -3.58. The molecule has 14 heteroatoms. The van der Waals surface area contributed by atoms with Gasteiger partial charge >= 0.3 is 6.09 Å². The lowest BCUT2D eigenvalue weighted by Gasteiger charge is -2.39. The molecular weight excluding hydrogens is 640 g/mol. The highest BCUT2D eigenvalue weighted by Gasteiger charge is 2.67. The molecule has 3 aliphatic rings. The Morgan fingerprint density at radius 2 is 1.90 bits per heavy atom. The van der Waals surface area contributed by atoms with Crippen LogP contribution in [0.4, 0.5) is 4.79 Å². The lowest BCUT2D eigenvalue weighted by Crippen LogP contribution is -2.62. The number of halogens is 1. The molecule has 13 nitrogen and oxygen atoms in total. The van der Waals surface area contributed by atoms with Crippen molar-refractivity contribution in [2.45, 2.75) is 115 Å². The van der Waals surface area contributed by atoms with Gasteiger partial charge < -0.3 is 41.4 Å². The zero-order valence-electron chi connectivity index (χ0n) is 28.5. The van der Waals surface area contributed by atoms with Gasteiger partial charge in [0.1, 0.15) is 30.0 Å². The first-order valence-corrected chi connectivity index (χ1v) is 17.3. The topological polar surface area (TPSA) is 186 Å². The normalized spacial score (nSPS) is 24.0. The van der Waals surface area contributed by atoms with Crippen LogP contribution in [0.25, 0.3) is 0 Å². The van der Waals surface area contributed by atoms with Gasteiger partial charge in [0.05, 0.1) is 17.6 Å². The smallest absolute Gasteiger partial charge is 0.408 e. The van der Waals surface area contributed by atoms with Crippen molar-refractivity contribution >= 4 is 41.3 Å². The number of nitrogens with zero attached hydrogens (tertiary/aromatic N) is 2. The predicted octanol–water partition coefficient (Wildman–Crippen LogP) is 2.65. The van der Waals surface area contributed by atoms with E-state index in [1.54, 1.807) is 36.6 Å². The van der Waals surface area contributed by atoms with E-state index in [4.69, 9.17) is 32.5 Å². The fourth-order valence-electron chi connectivity index (χ4n) is 6.89. The van der Waals surface area contributed by atoms with Crippen LogP contribution in [-0.2, 0) is 30.3 Å². The lowest BCUT2D eigenvalue weighted by atomic mass is 10.1. The number of unbranched alkanes of at least 4 members (excludes halogenated alkanes) is 2. The SMILES string of the molecule is CC(=O)N1CC2CC23CC[C@@H](C(=O)N[C@@H](CCC(N)=O)COc2cccc(CCCCCN)c2Cl)N3C(=O)[C@@H](NC(=O)OC(C)(C)C)C1. The van der Waals surface area contributed by atoms with Gasteiger partial charge in [-0.15, -0.1) is 0 Å². The zero-order valence-corrected chi connectivity index (χ0v) is 29.3.